The van der Waals surface area contributed by atoms with Crippen LogP contribution in [0.15, 0.2) is 12.1 Å². The van der Waals surface area contributed by atoms with Crippen molar-refractivity contribution in [2.24, 2.45) is 0 Å². The standard InChI is InChI=1S/C11H9F2N3O2/c1-5-14-6(2)16(15-5)10-8(12)3-7(11(17)18)4-9(10)13/h3-4H,1-2H3,(H,17,18). The lowest BCUT2D eigenvalue weighted by Gasteiger charge is -2.07. The van der Waals surface area contributed by atoms with E-state index in [0.29, 0.717) is 11.6 Å². The molecule has 0 aliphatic heterocycles. The molecule has 18 heavy (non-hydrogen) atoms. The van der Waals surface area contributed by atoms with Crippen LogP contribution in [-0.4, -0.2) is 25.8 Å². The van der Waals surface area contributed by atoms with Gasteiger partial charge in [0.25, 0.3) is 0 Å². The summed E-state index contributed by atoms with van der Waals surface area (Å²) in [6, 6.07) is 1.49. The number of halogens is 2. The molecule has 0 saturated heterocycles. The summed E-state index contributed by atoms with van der Waals surface area (Å²) < 4.78 is 28.5. The summed E-state index contributed by atoms with van der Waals surface area (Å²) in [7, 11) is 0. The molecule has 0 atom stereocenters. The SMILES string of the molecule is Cc1nc(C)n(-c2c(F)cc(C(=O)O)cc2F)n1. The summed E-state index contributed by atoms with van der Waals surface area (Å²) in [5, 5.41) is 12.5. The van der Waals surface area contributed by atoms with Crippen LogP contribution in [-0.2, 0) is 0 Å². The van der Waals surface area contributed by atoms with E-state index >= 15 is 0 Å². The third-order valence-corrected chi connectivity index (χ3v) is 2.35. The van der Waals surface area contributed by atoms with Crippen molar-refractivity contribution in [1.29, 1.82) is 0 Å². The van der Waals surface area contributed by atoms with Gasteiger partial charge in [0.2, 0.25) is 0 Å². The molecule has 0 aliphatic carbocycles. The van der Waals surface area contributed by atoms with Crippen molar-refractivity contribution in [3.8, 4) is 5.69 Å². The van der Waals surface area contributed by atoms with Gasteiger partial charge in [-0.15, -0.1) is 0 Å². The maximum Gasteiger partial charge on any atom is 0.335 e. The molecular formula is C11H9F2N3O2. The molecule has 1 aromatic carbocycles. The molecule has 5 nitrogen and oxygen atoms in total. The zero-order valence-electron chi connectivity index (χ0n) is 9.61. The topological polar surface area (TPSA) is 68.0 Å². The summed E-state index contributed by atoms with van der Waals surface area (Å²) >= 11 is 0. The maximum absolute atomic E-state index is 13.8. The highest BCUT2D eigenvalue weighted by Gasteiger charge is 2.18. The Bertz CT molecular complexity index is 614. The van der Waals surface area contributed by atoms with E-state index in [9.17, 15) is 13.6 Å². The highest BCUT2D eigenvalue weighted by atomic mass is 19.1. The van der Waals surface area contributed by atoms with E-state index in [-0.39, 0.29) is 0 Å². The number of hydrogen-bond donors (Lipinski definition) is 1. The third-order valence-electron chi connectivity index (χ3n) is 2.35. The van der Waals surface area contributed by atoms with Crippen LogP contribution in [0.2, 0.25) is 0 Å². The molecule has 0 fully saturated rings. The van der Waals surface area contributed by atoms with Crippen molar-refractivity contribution < 1.29 is 18.7 Å². The van der Waals surface area contributed by atoms with Crippen LogP contribution in [0.4, 0.5) is 8.78 Å². The fourth-order valence-corrected chi connectivity index (χ4v) is 1.62. The average Bonchev–Trinajstić information content (AvgIpc) is 2.56. The minimum Gasteiger partial charge on any atom is -0.478 e. The molecule has 1 heterocycles. The van der Waals surface area contributed by atoms with Gasteiger partial charge in [0.1, 0.15) is 17.3 Å². The molecule has 0 aliphatic rings. The van der Waals surface area contributed by atoms with Crippen molar-refractivity contribution in [2.45, 2.75) is 13.8 Å². The van der Waals surface area contributed by atoms with Gasteiger partial charge in [-0.25, -0.2) is 23.2 Å². The molecule has 7 heteroatoms. The Morgan fingerprint density at radius 1 is 1.28 bits per heavy atom. The smallest absolute Gasteiger partial charge is 0.335 e. The Hall–Kier alpha value is -2.31. The van der Waals surface area contributed by atoms with Gasteiger partial charge < -0.3 is 5.11 Å². The fourth-order valence-electron chi connectivity index (χ4n) is 1.62. The lowest BCUT2D eigenvalue weighted by atomic mass is 10.2. The number of benzene rings is 1. The lowest BCUT2D eigenvalue weighted by Crippen LogP contribution is -2.08. The first-order valence-corrected chi connectivity index (χ1v) is 5.03. The minimum absolute atomic E-state index is 0.313. The molecule has 0 amide bonds. The summed E-state index contributed by atoms with van der Waals surface area (Å²) in [5.74, 6) is -2.71. The van der Waals surface area contributed by atoms with Crippen molar-refractivity contribution >= 4 is 5.97 Å². The number of nitrogens with zero attached hydrogens (tertiary/aromatic N) is 3. The number of aromatic nitrogens is 3. The molecule has 0 saturated carbocycles. The molecular weight excluding hydrogens is 244 g/mol. The van der Waals surface area contributed by atoms with E-state index in [0.717, 1.165) is 16.8 Å². The largest absolute Gasteiger partial charge is 0.478 e. The third kappa shape index (κ3) is 1.94. The Morgan fingerprint density at radius 3 is 2.22 bits per heavy atom. The quantitative estimate of drug-likeness (QED) is 0.887. The summed E-state index contributed by atoms with van der Waals surface area (Å²) in [6.07, 6.45) is 0. The van der Waals surface area contributed by atoms with Crippen LogP contribution < -0.4 is 0 Å². The highest BCUT2D eigenvalue weighted by molar-refractivity contribution is 5.87. The second-order valence-corrected chi connectivity index (χ2v) is 3.71. The predicted molar refractivity (Wildman–Crippen MR) is 57.7 cm³/mol. The number of carboxylic acid groups (broad SMARTS) is 1. The van der Waals surface area contributed by atoms with Gasteiger partial charge in [-0.3, -0.25) is 0 Å². The molecule has 0 spiro atoms. The number of hydrogen-bond acceptors (Lipinski definition) is 3. The predicted octanol–water partition coefficient (Wildman–Crippen LogP) is 1.86. The molecule has 1 aromatic heterocycles. The summed E-state index contributed by atoms with van der Waals surface area (Å²) in [6.45, 7) is 3.13. The number of rotatable bonds is 2. The number of aromatic carboxylic acids is 1. The summed E-state index contributed by atoms with van der Waals surface area (Å²) in [5.41, 5.74) is -0.888. The van der Waals surface area contributed by atoms with Gasteiger partial charge in [0.15, 0.2) is 11.6 Å². The highest BCUT2D eigenvalue weighted by Crippen LogP contribution is 2.20. The van der Waals surface area contributed by atoms with Crippen molar-refractivity contribution in [3.63, 3.8) is 0 Å². The fraction of sp³-hybridized carbons (Fsp3) is 0.182. The summed E-state index contributed by atoms with van der Waals surface area (Å²) in [4.78, 5) is 14.6. The van der Waals surface area contributed by atoms with E-state index in [1.165, 1.54) is 0 Å². The van der Waals surface area contributed by atoms with Crippen LogP contribution >= 0.6 is 0 Å². The minimum atomic E-state index is -1.40. The number of aryl methyl sites for hydroxylation is 2. The molecule has 2 rings (SSSR count). The number of carboxylic acids is 1. The van der Waals surface area contributed by atoms with E-state index in [1.807, 2.05) is 0 Å². The van der Waals surface area contributed by atoms with E-state index in [1.54, 1.807) is 13.8 Å². The van der Waals surface area contributed by atoms with Crippen LogP contribution in [0.3, 0.4) is 0 Å². The van der Waals surface area contributed by atoms with Crippen molar-refractivity contribution in [3.05, 3.63) is 41.0 Å². The zero-order valence-corrected chi connectivity index (χ0v) is 9.61. The van der Waals surface area contributed by atoms with Gasteiger partial charge in [-0.05, 0) is 26.0 Å². The van der Waals surface area contributed by atoms with Crippen LogP contribution in [0.5, 0.6) is 0 Å². The second kappa shape index (κ2) is 4.17. The van der Waals surface area contributed by atoms with Gasteiger partial charge in [0.05, 0.1) is 5.56 Å². The van der Waals surface area contributed by atoms with Gasteiger partial charge >= 0.3 is 5.97 Å². The monoisotopic (exact) mass is 253 g/mol. The zero-order chi connectivity index (χ0) is 13.4. The van der Waals surface area contributed by atoms with Crippen LogP contribution in [0, 0.1) is 25.5 Å². The molecule has 2 aromatic rings. The van der Waals surface area contributed by atoms with E-state index < -0.39 is 28.9 Å². The lowest BCUT2D eigenvalue weighted by molar-refractivity contribution is 0.0695. The average molecular weight is 253 g/mol. The molecule has 0 bridgehead atoms. The molecule has 94 valence electrons. The van der Waals surface area contributed by atoms with Gasteiger partial charge in [-0.1, -0.05) is 0 Å². The van der Waals surface area contributed by atoms with E-state index in [4.69, 9.17) is 5.11 Å². The van der Waals surface area contributed by atoms with Crippen molar-refractivity contribution in [2.75, 3.05) is 0 Å². The first-order chi connectivity index (χ1) is 8.40. The van der Waals surface area contributed by atoms with Gasteiger partial charge in [-0.2, -0.15) is 5.10 Å². The molecule has 0 unspecified atom stereocenters. The Morgan fingerprint density at radius 2 is 1.83 bits per heavy atom. The van der Waals surface area contributed by atoms with E-state index in [2.05, 4.69) is 10.1 Å². The van der Waals surface area contributed by atoms with Crippen LogP contribution in [0.1, 0.15) is 22.0 Å². The second-order valence-electron chi connectivity index (χ2n) is 3.71. The Balaban J connectivity index is 2.66. The normalized spacial score (nSPS) is 10.7. The molecule has 1 N–H and O–H groups in total. The maximum atomic E-state index is 13.8. The Labute approximate surface area is 101 Å². The first-order valence-electron chi connectivity index (χ1n) is 5.03. The molecule has 0 radical (unpaired) electrons. The van der Waals surface area contributed by atoms with Crippen LogP contribution in [0.25, 0.3) is 5.69 Å². The number of carbonyl (C=O) groups is 1. The van der Waals surface area contributed by atoms with Gasteiger partial charge in [0, 0.05) is 0 Å². The first kappa shape index (κ1) is 12.2. The van der Waals surface area contributed by atoms with Crippen molar-refractivity contribution in [1.82, 2.24) is 14.8 Å². The Kier molecular flexibility index (Phi) is 2.82.